The number of carbonyl (C=O) groups is 1. The summed E-state index contributed by atoms with van der Waals surface area (Å²) >= 11 is 0. The van der Waals surface area contributed by atoms with E-state index in [-0.39, 0.29) is 6.42 Å². The molecule has 0 unspecified atom stereocenters. The van der Waals surface area contributed by atoms with Gasteiger partial charge in [0.15, 0.2) is 0 Å². The van der Waals surface area contributed by atoms with Gasteiger partial charge < -0.3 is 30.4 Å². The number of imidazole rings is 1. The van der Waals surface area contributed by atoms with Gasteiger partial charge in [0.2, 0.25) is 0 Å². The maximum atomic E-state index is 11.3. The number of nitrogens with zero attached hydrogens (tertiary/aromatic N) is 3. The molecule has 1 heterocycles. The highest BCUT2D eigenvalue weighted by Crippen LogP contribution is 2.06. The van der Waals surface area contributed by atoms with Crippen LogP contribution in [-0.2, 0) is 20.9 Å². The van der Waals surface area contributed by atoms with E-state index >= 15 is 0 Å². The summed E-state index contributed by atoms with van der Waals surface area (Å²) < 4.78 is 0. The largest absolute Gasteiger partial charge is 0.480 e. The Hall–Kier alpha value is -3.00. The van der Waals surface area contributed by atoms with Gasteiger partial charge in [0.1, 0.15) is 18.8 Å². The van der Waals surface area contributed by atoms with Crippen LogP contribution in [0.25, 0.3) is 0 Å². The lowest BCUT2D eigenvalue weighted by atomic mass is 10.1. The third-order valence-corrected chi connectivity index (χ3v) is 3.93. The average molecular weight is 418 g/mol. The topological polar surface area (TPSA) is 195 Å². The number of hydrogen-bond donors (Lipinski definition) is 4. The molecule has 0 amide bonds. The van der Waals surface area contributed by atoms with Gasteiger partial charge in [-0.05, 0) is 45.3 Å². The average Bonchev–Trinajstić information content (AvgIpc) is 3.16. The van der Waals surface area contributed by atoms with Crippen molar-refractivity contribution in [2.45, 2.75) is 44.2 Å². The molecule has 0 aliphatic carbocycles. The van der Waals surface area contributed by atoms with Gasteiger partial charge in [0, 0.05) is 18.3 Å². The molecular formula is C15H26N6O8. The fraction of sp³-hybridized carbons (Fsp3) is 0.733. The molecule has 0 bridgehead atoms. The number of carboxylic acid groups (broad SMARTS) is 1. The van der Waals surface area contributed by atoms with Gasteiger partial charge in [-0.2, -0.15) is 0 Å². The lowest BCUT2D eigenvalue weighted by molar-refractivity contribution is -0.790. The second kappa shape index (κ2) is 14.1. The molecule has 0 fully saturated rings. The Labute approximate surface area is 166 Å². The zero-order valence-electron chi connectivity index (χ0n) is 15.8. The number of hydrogen-bond acceptors (Lipinski definition) is 10. The Kier molecular flexibility index (Phi) is 11.7. The minimum absolute atomic E-state index is 0.256. The lowest BCUT2D eigenvalue weighted by Gasteiger charge is -2.14. The van der Waals surface area contributed by atoms with Crippen molar-refractivity contribution in [3.05, 3.63) is 38.4 Å². The number of rotatable bonds is 18. The quantitative estimate of drug-likeness (QED) is 0.141. The van der Waals surface area contributed by atoms with Gasteiger partial charge in [0.25, 0.3) is 10.2 Å². The molecule has 1 rings (SSSR count). The van der Waals surface area contributed by atoms with Crippen molar-refractivity contribution in [3.63, 3.8) is 0 Å². The number of aliphatic carboxylic acids is 1. The van der Waals surface area contributed by atoms with Gasteiger partial charge in [-0.15, -0.1) is 20.2 Å². The van der Waals surface area contributed by atoms with Crippen molar-refractivity contribution < 1.29 is 29.7 Å². The van der Waals surface area contributed by atoms with Crippen molar-refractivity contribution in [1.82, 2.24) is 20.6 Å². The maximum Gasteiger partial charge on any atom is 0.321 e. The van der Waals surface area contributed by atoms with E-state index in [1.807, 2.05) is 0 Å². The number of nitrogens with one attached hydrogen (secondary N) is 3. The fourth-order valence-corrected chi connectivity index (χ4v) is 2.53. The van der Waals surface area contributed by atoms with Crippen LogP contribution in [0.4, 0.5) is 0 Å². The highest BCUT2D eigenvalue weighted by molar-refractivity contribution is 5.73. The van der Waals surface area contributed by atoms with Crippen molar-refractivity contribution in [2.24, 2.45) is 0 Å². The number of aromatic amines is 1. The molecule has 0 radical (unpaired) electrons. The summed E-state index contributed by atoms with van der Waals surface area (Å²) in [6.07, 6.45) is 4.65. The molecule has 4 N–H and O–H groups in total. The van der Waals surface area contributed by atoms with Crippen LogP contribution in [-0.4, -0.2) is 69.6 Å². The summed E-state index contributed by atoms with van der Waals surface area (Å²) in [6, 6.07) is -0.699. The fourth-order valence-electron chi connectivity index (χ4n) is 2.53. The molecule has 2 atom stereocenters. The number of unbranched alkanes of at least 4 members (excludes halogenated alkanes) is 1. The minimum Gasteiger partial charge on any atom is -0.480 e. The van der Waals surface area contributed by atoms with Gasteiger partial charge in [0.05, 0.1) is 6.33 Å². The summed E-state index contributed by atoms with van der Waals surface area (Å²) in [4.78, 5) is 47.0. The third-order valence-electron chi connectivity index (χ3n) is 3.93. The molecule has 0 aliphatic heterocycles. The monoisotopic (exact) mass is 418 g/mol. The van der Waals surface area contributed by atoms with Crippen LogP contribution < -0.4 is 10.6 Å². The number of aromatic nitrogens is 2. The summed E-state index contributed by atoms with van der Waals surface area (Å²) in [6.45, 7) is 1.35. The van der Waals surface area contributed by atoms with Gasteiger partial charge in [-0.1, -0.05) is 0 Å². The van der Waals surface area contributed by atoms with E-state index in [1.54, 1.807) is 6.20 Å². The SMILES string of the molecule is O=C(O)[C@H](Cc1cnc[nH]1)NCCCNCCCC[C@@H](CO[N+](=O)[O-])O[N+](=O)[O-]. The third kappa shape index (κ3) is 12.1. The molecule has 0 aromatic carbocycles. The molecule has 0 saturated heterocycles. The normalized spacial score (nSPS) is 12.8. The molecule has 0 aliphatic rings. The summed E-state index contributed by atoms with van der Waals surface area (Å²) in [5.41, 5.74) is 0.742. The molecule has 1 aromatic heterocycles. The second-order valence-electron chi connectivity index (χ2n) is 6.20. The Balaban J connectivity index is 2.08. The van der Waals surface area contributed by atoms with E-state index in [1.165, 1.54) is 6.33 Å². The Morgan fingerprint density at radius 2 is 1.97 bits per heavy atom. The molecule has 14 nitrogen and oxygen atoms in total. The smallest absolute Gasteiger partial charge is 0.321 e. The van der Waals surface area contributed by atoms with Gasteiger partial charge in [-0.3, -0.25) is 4.79 Å². The van der Waals surface area contributed by atoms with E-state index in [0.29, 0.717) is 38.9 Å². The first-order valence-electron chi connectivity index (χ1n) is 9.11. The maximum absolute atomic E-state index is 11.3. The molecule has 164 valence electrons. The van der Waals surface area contributed by atoms with Gasteiger partial charge in [-0.25, -0.2) is 4.98 Å². The lowest BCUT2D eigenvalue weighted by Crippen LogP contribution is -2.39. The van der Waals surface area contributed by atoms with E-state index in [2.05, 4.69) is 30.3 Å². The zero-order valence-corrected chi connectivity index (χ0v) is 15.8. The molecular weight excluding hydrogens is 392 g/mol. The minimum atomic E-state index is -1.02. The predicted molar refractivity (Wildman–Crippen MR) is 97.9 cm³/mol. The molecule has 29 heavy (non-hydrogen) atoms. The van der Waals surface area contributed by atoms with Crippen LogP contribution in [0.3, 0.4) is 0 Å². The summed E-state index contributed by atoms with van der Waals surface area (Å²) in [7, 11) is 0. The van der Waals surface area contributed by atoms with Crippen LogP contribution >= 0.6 is 0 Å². The Morgan fingerprint density at radius 3 is 2.59 bits per heavy atom. The van der Waals surface area contributed by atoms with E-state index in [4.69, 9.17) is 0 Å². The molecule has 0 saturated carbocycles. The van der Waals surface area contributed by atoms with Gasteiger partial charge >= 0.3 is 5.97 Å². The number of carboxylic acids is 1. The Morgan fingerprint density at radius 1 is 1.21 bits per heavy atom. The highest BCUT2D eigenvalue weighted by atomic mass is 17.0. The van der Waals surface area contributed by atoms with Crippen LogP contribution in [0.2, 0.25) is 0 Å². The molecule has 14 heteroatoms. The van der Waals surface area contributed by atoms with Crippen molar-refractivity contribution >= 4 is 5.97 Å². The highest BCUT2D eigenvalue weighted by Gasteiger charge is 2.17. The summed E-state index contributed by atoms with van der Waals surface area (Å²) in [5.74, 6) is -0.930. The van der Waals surface area contributed by atoms with Crippen LogP contribution in [0, 0.1) is 20.2 Å². The number of H-pyrrole nitrogens is 1. The predicted octanol–water partition coefficient (Wildman–Crippen LogP) is -0.0698. The standard InChI is InChI=1S/C15H26N6O8/c22-15(23)14(8-12-9-17-11-19-12)18-7-3-6-16-5-2-1-4-13(29-21(26)27)10-28-20(24)25/h9,11,13-14,16,18H,1-8,10H2,(H,17,19)(H,22,23)/t13-,14-/m0/s1. The van der Waals surface area contributed by atoms with E-state index in [0.717, 1.165) is 12.1 Å². The molecule has 1 aromatic rings. The van der Waals surface area contributed by atoms with Crippen LogP contribution in [0.5, 0.6) is 0 Å². The van der Waals surface area contributed by atoms with Crippen molar-refractivity contribution in [1.29, 1.82) is 0 Å². The van der Waals surface area contributed by atoms with Crippen molar-refractivity contribution in [2.75, 3.05) is 26.2 Å². The second-order valence-corrected chi connectivity index (χ2v) is 6.20. The first-order valence-corrected chi connectivity index (χ1v) is 9.11. The van der Waals surface area contributed by atoms with Crippen LogP contribution in [0.1, 0.15) is 31.4 Å². The summed E-state index contributed by atoms with van der Waals surface area (Å²) in [5, 5.41) is 33.9. The van der Waals surface area contributed by atoms with Crippen LogP contribution in [0.15, 0.2) is 12.5 Å². The van der Waals surface area contributed by atoms with E-state index in [9.17, 15) is 30.1 Å². The molecule has 0 spiro atoms. The van der Waals surface area contributed by atoms with Crippen molar-refractivity contribution in [3.8, 4) is 0 Å². The zero-order chi connectivity index (χ0) is 21.5. The van der Waals surface area contributed by atoms with E-state index < -0.39 is 34.9 Å². The Bertz CT molecular complexity index is 614. The first-order chi connectivity index (χ1) is 13.9. The first kappa shape index (κ1) is 24.0.